The Balaban J connectivity index is 1.99. The molecule has 0 unspecified atom stereocenters. The van der Waals surface area contributed by atoms with Gasteiger partial charge in [0.15, 0.2) is 0 Å². The molecule has 0 spiro atoms. The van der Waals surface area contributed by atoms with Crippen LogP contribution in [0.25, 0.3) is 11.1 Å². The lowest BCUT2D eigenvalue weighted by molar-refractivity contribution is 0.0697. The van der Waals surface area contributed by atoms with Gasteiger partial charge in [-0.15, -0.1) is 0 Å². The Morgan fingerprint density at radius 2 is 1.73 bits per heavy atom. The second-order valence-corrected chi connectivity index (χ2v) is 6.83. The highest BCUT2D eigenvalue weighted by Crippen LogP contribution is 2.46. The van der Waals surface area contributed by atoms with Crippen LogP contribution in [0.2, 0.25) is 0 Å². The molecule has 1 N–H and O–H groups in total. The lowest BCUT2D eigenvalue weighted by Gasteiger charge is -2.13. The molecule has 0 atom stereocenters. The number of aromatic carboxylic acids is 1. The van der Waals surface area contributed by atoms with Crippen LogP contribution >= 0.6 is 11.8 Å². The average molecular weight is 309 g/mol. The third-order valence-electron chi connectivity index (χ3n) is 4.20. The van der Waals surface area contributed by atoms with Crippen molar-refractivity contribution in [3.05, 3.63) is 59.2 Å². The summed E-state index contributed by atoms with van der Waals surface area (Å²) in [5.74, 6) is -0.872. The highest BCUT2D eigenvalue weighted by atomic mass is 32.2. The maximum Gasteiger partial charge on any atom is 0.335 e. The van der Waals surface area contributed by atoms with Gasteiger partial charge in [0.1, 0.15) is 0 Å². The molecule has 2 aromatic carbocycles. The molecule has 0 saturated heterocycles. The summed E-state index contributed by atoms with van der Waals surface area (Å²) in [5.41, 5.74) is 5.29. The largest absolute Gasteiger partial charge is 0.478 e. The molecule has 0 saturated carbocycles. The molecule has 0 radical (unpaired) electrons. The summed E-state index contributed by atoms with van der Waals surface area (Å²) in [6.45, 7) is 1.77. The van der Waals surface area contributed by atoms with E-state index in [0.717, 1.165) is 23.5 Å². The number of hydrogen-bond acceptors (Lipinski definition) is 3. The van der Waals surface area contributed by atoms with Gasteiger partial charge in [0.2, 0.25) is 0 Å². The highest BCUT2D eigenvalue weighted by Gasteiger charge is 2.28. The van der Waals surface area contributed by atoms with Crippen LogP contribution in [0.5, 0.6) is 0 Å². The minimum Gasteiger partial charge on any atom is -0.478 e. The fourth-order valence-corrected chi connectivity index (χ4v) is 4.31. The van der Waals surface area contributed by atoms with E-state index in [4.69, 9.17) is 0 Å². The molecule has 110 valence electrons. The van der Waals surface area contributed by atoms with Crippen molar-refractivity contribution in [2.24, 2.45) is 0 Å². The van der Waals surface area contributed by atoms with Crippen molar-refractivity contribution < 1.29 is 9.90 Å². The van der Waals surface area contributed by atoms with Gasteiger partial charge in [-0.05, 0) is 53.6 Å². The van der Waals surface area contributed by atoms with Crippen molar-refractivity contribution in [3.8, 4) is 0 Å². The van der Waals surface area contributed by atoms with Gasteiger partial charge in [0.25, 0.3) is 0 Å². The SMILES string of the molecule is CN1CC2=C(C1)c1cc(C(=O)O)ccc1Sc1ccccc12. The van der Waals surface area contributed by atoms with Crippen LogP contribution in [0.1, 0.15) is 21.5 Å². The van der Waals surface area contributed by atoms with Gasteiger partial charge >= 0.3 is 5.97 Å². The minimum absolute atomic E-state index is 0.353. The first-order valence-corrected chi connectivity index (χ1v) is 8.00. The van der Waals surface area contributed by atoms with Gasteiger partial charge in [-0.2, -0.15) is 0 Å². The molecule has 0 bridgehead atoms. The third kappa shape index (κ3) is 2.07. The summed E-state index contributed by atoms with van der Waals surface area (Å²) in [6, 6.07) is 13.9. The predicted octanol–water partition coefficient (Wildman–Crippen LogP) is 3.71. The van der Waals surface area contributed by atoms with E-state index in [9.17, 15) is 9.90 Å². The van der Waals surface area contributed by atoms with Gasteiger partial charge in [-0.3, -0.25) is 4.90 Å². The van der Waals surface area contributed by atoms with E-state index in [1.165, 1.54) is 21.6 Å². The minimum atomic E-state index is -0.872. The van der Waals surface area contributed by atoms with Gasteiger partial charge in [0.05, 0.1) is 5.56 Å². The smallest absolute Gasteiger partial charge is 0.335 e. The number of carbonyl (C=O) groups is 1. The quantitative estimate of drug-likeness (QED) is 0.872. The monoisotopic (exact) mass is 309 g/mol. The first kappa shape index (κ1) is 13.6. The van der Waals surface area contributed by atoms with E-state index in [2.05, 4.69) is 36.2 Å². The molecule has 0 fully saturated rings. The Labute approximate surface area is 133 Å². The summed E-state index contributed by atoms with van der Waals surface area (Å²) in [7, 11) is 2.10. The van der Waals surface area contributed by atoms with Crippen molar-refractivity contribution in [2.45, 2.75) is 9.79 Å². The number of likely N-dealkylation sites (N-methyl/N-ethyl adjacent to an activating group) is 1. The molecule has 2 aromatic rings. The summed E-state index contributed by atoms with van der Waals surface area (Å²) in [6.07, 6.45) is 0. The molecule has 2 aliphatic rings. The van der Waals surface area contributed by atoms with Gasteiger partial charge in [-0.1, -0.05) is 30.0 Å². The van der Waals surface area contributed by atoms with Crippen LogP contribution in [-0.2, 0) is 0 Å². The maximum absolute atomic E-state index is 11.3. The van der Waals surface area contributed by atoms with Crippen LogP contribution in [0.4, 0.5) is 0 Å². The fourth-order valence-electron chi connectivity index (χ4n) is 3.19. The molecule has 0 amide bonds. The van der Waals surface area contributed by atoms with Crippen molar-refractivity contribution in [2.75, 3.05) is 20.1 Å². The summed E-state index contributed by atoms with van der Waals surface area (Å²) in [4.78, 5) is 16.0. The Morgan fingerprint density at radius 1 is 1.05 bits per heavy atom. The summed E-state index contributed by atoms with van der Waals surface area (Å²) >= 11 is 1.73. The second kappa shape index (κ2) is 5.00. The fraction of sp³-hybridized carbons (Fsp3) is 0.167. The molecular formula is C18H15NO2S. The van der Waals surface area contributed by atoms with Crippen molar-refractivity contribution >= 4 is 28.9 Å². The van der Waals surface area contributed by atoms with Crippen LogP contribution in [-0.4, -0.2) is 36.1 Å². The molecule has 0 aromatic heterocycles. The van der Waals surface area contributed by atoms with Gasteiger partial charge < -0.3 is 5.11 Å². The van der Waals surface area contributed by atoms with Crippen molar-refractivity contribution in [1.29, 1.82) is 0 Å². The zero-order chi connectivity index (χ0) is 15.3. The lowest BCUT2D eigenvalue weighted by Crippen LogP contribution is -2.15. The van der Waals surface area contributed by atoms with Gasteiger partial charge in [-0.25, -0.2) is 4.79 Å². The van der Waals surface area contributed by atoms with E-state index >= 15 is 0 Å². The number of carboxylic acids is 1. The van der Waals surface area contributed by atoms with Crippen LogP contribution in [0.3, 0.4) is 0 Å². The second-order valence-electron chi connectivity index (χ2n) is 5.74. The maximum atomic E-state index is 11.3. The van der Waals surface area contributed by atoms with E-state index < -0.39 is 5.97 Å². The number of carboxylic acid groups (broad SMARTS) is 1. The predicted molar refractivity (Wildman–Crippen MR) is 88.3 cm³/mol. The molecule has 2 aliphatic heterocycles. The molecule has 0 aliphatic carbocycles. The van der Waals surface area contributed by atoms with Crippen LogP contribution in [0, 0.1) is 0 Å². The normalized spacial score (nSPS) is 16.8. The number of hydrogen-bond donors (Lipinski definition) is 1. The molecule has 3 nitrogen and oxygen atoms in total. The van der Waals surface area contributed by atoms with E-state index in [1.807, 2.05) is 12.1 Å². The Bertz CT molecular complexity index is 826. The average Bonchev–Trinajstić information content (AvgIpc) is 2.84. The Kier molecular flexibility index (Phi) is 3.10. The number of rotatable bonds is 1. The highest BCUT2D eigenvalue weighted by molar-refractivity contribution is 7.99. The van der Waals surface area contributed by atoms with Crippen LogP contribution < -0.4 is 0 Å². The third-order valence-corrected chi connectivity index (χ3v) is 5.36. The molecule has 4 rings (SSSR count). The standard InChI is InChI=1S/C18H15NO2S/c1-19-9-14-12-4-2-3-5-16(12)22-17-7-6-11(18(20)21)8-13(17)15(14)10-19/h2-8H,9-10H2,1H3,(H,20,21). The first-order valence-electron chi connectivity index (χ1n) is 7.19. The summed E-state index contributed by atoms with van der Waals surface area (Å²) in [5, 5.41) is 9.29. The zero-order valence-electron chi connectivity index (χ0n) is 12.2. The number of fused-ring (bicyclic) bond motifs is 4. The van der Waals surface area contributed by atoms with E-state index in [1.54, 1.807) is 17.8 Å². The Hall–Kier alpha value is -2.04. The molecule has 4 heteroatoms. The first-order chi connectivity index (χ1) is 10.6. The summed E-state index contributed by atoms with van der Waals surface area (Å²) < 4.78 is 0. The number of nitrogens with zero attached hydrogens (tertiary/aromatic N) is 1. The van der Waals surface area contributed by atoms with Crippen LogP contribution in [0.15, 0.2) is 52.3 Å². The topological polar surface area (TPSA) is 40.5 Å². The van der Waals surface area contributed by atoms with E-state index in [-0.39, 0.29) is 0 Å². The lowest BCUT2D eigenvalue weighted by atomic mass is 9.96. The Morgan fingerprint density at radius 3 is 2.50 bits per heavy atom. The molecule has 2 heterocycles. The number of benzene rings is 2. The van der Waals surface area contributed by atoms with E-state index in [0.29, 0.717) is 5.56 Å². The molecule has 22 heavy (non-hydrogen) atoms. The molecular weight excluding hydrogens is 294 g/mol. The van der Waals surface area contributed by atoms with Gasteiger partial charge in [0, 0.05) is 22.9 Å². The van der Waals surface area contributed by atoms with Crippen molar-refractivity contribution in [1.82, 2.24) is 4.90 Å². The zero-order valence-corrected chi connectivity index (χ0v) is 13.0. The van der Waals surface area contributed by atoms with Crippen molar-refractivity contribution in [3.63, 3.8) is 0 Å².